The van der Waals surface area contributed by atoms with Crippen LogP contribution < -0.4 is 0 Å². The van der Waals surface area contributed by atoms with E-state index in [2.05, 4.69) is 6.07 Å². The second kappa shape index (κ2) is 4.10. The van der Waals surface area contributed by atoms with Crippen molar-refractivity contribution in [2.45, 2.75) is 27.7 Å². The molecule has 0 N–H and O–H groups in total. The van der Waals surface area contributed by atoms with Crippen LogP contribution in [0, 0.1) is 22.7 Å². The SMILES string of the molecule is CCOC(=O)C(C)C(C)(C)C#N. The number of ether oxygens (including phenoxy) is 1. The van der Waals surface area contributed by atoms with Crippen LogP contribution in [-0.2, 0) is 9.53 Å². The molecule has 0 spiro atoms. The Morgan fingerprint density at radius 3 is 2.50 bits per heavy atom. The maximum absolute atomic E-state index is 11.2. The van der Waals surface area contributed by atoms with Crippen molar-refractivity contribution in [3.05, 3.63) is 0 Å². The molecular formula is C9H15NO2. The first-order valence-electron chi connectivity index (χ1n) is 4.03. The van der Waals surface area contributed by atoms with E-state index in [-0.39, 0.29) is 11.9 Å². The topological polar surface area (TPSA) is 50.1 Å². The van der Waals surface area contributed by atoms with Crippen molar-refractivity contribution in [3.8, 4) is 6.07 Å². The van der Waals surface area contributed by atoms with Gasteiger partial charge in [-0.1, -0.05) is 6.92 Å². The monoisotopic (exact) mass is 169 g/mol. The number of nitriles is 1. The summed E-state index contributed by atoms with van der Waals surface area (Å²) in [7, 11) is 0. The van der Waals surface area contributed by atoms with Gasteiger partial charge >= 0.3 is 5.97 Å². The van der Waals surface area contributed by atoms with E-state index in [9.17, 15) is 4.79 Å². The van der Waals surface area contributed by atoms with Gasteiger partial charge in [-0.05, 0) is 20.8 Å². The van der Waals surface area contributed by atoms with Crippen LogP contribution >= 0.6 is 0 Å². The third-order valence-electron chi connectivity index (χ3n) is 2.01. The second-order valence-electron chi connectivity index (χ2n) is 3.31. The van der Waals surface area contributed by atoms with Gasteiger partial charge in [0, 0.05) is 0 Å². The molecule has 0 saturated heterocycles. The third kappa shape index (κ3) is 2.54. The first kappa shape index (κ1) is 11.0. The Morgan fingerprint density at radius 2 is 2.17 bits per heavy atom. The maximum atomic E-state index is 11.2. The molecule has 3 nitrogen and oxygen atoms in total. The summed E-state index contributed by atoms with van der Waals surface area (Å²) in [5.74, 6) is -0.675. The van der Waals surface area contributed by atoms with Crippen molar-refractivity contribution < 1.29 is 9.53 Å². The summed E-state index contributed by atoms with van der Waals surface area (Å²) in [6.45, 7) is 7.29. The van der Waals surface area contributed by atoms with E-state index in [0.717, 1.165) is 0 Å². The largest absolute Gasteiger partial charge is 0.466 e. The third-order valence-corrected chi connectivity index (χ3v) is 2.01. The van der Waals surface area contributed by atoms with E-state index in [1.165, 1.54) is 0 Å². The molecule has 68 valence electrons. The van der Waals surface area contributed by atoms with Crippen molar-refractivity contribution in [3.63, 3.8) is 0 Å². The van der Waals surface area contributed by atoms with Crippen LogP contribution in [0.1, 0.15) is 27.7 Å². The molecule has 0 saturated carbocycles. The molecule has 0 amide bonds. The first-order valence-corrected chi connectivity index (χ1v) is 4.03. The number of nitrogens with zero attached hydrogens (tertiary/aromatic N) is 1. The molecular weight excluding hydrogens is 154 g/mol. The van der Waals surface area contributed by atoms with E-state index in [4.69, 9.17) is 10.00 Å². The molecule has 0 heterocycles. The summed E-state index contributed by atoms with van der Waals surface area (Å²) >= 11 is 0. The van der Waals surface area contributed by atoms with E-state index < -0.39 is 5.41 Å². The van der Waals surface area contributed by atoms with E-state index in [1.807, 2.05) is 0 Å². The minimum Gasteiger partial charge on any atom is -0.466 e. The van der Waals surface area contributed by atoms with E-state index >= 15 is 0 Å². The Morgan fingerprint density at radius 1 is 1.67 bits per heavy atom. The number of rotatable bonds is 3. The average molecular weight is 169 g/mol. The minimum absolute atomic E-state index is 0.302. The van der Waals surface area contributed by atoms with E-state index in [0.29, 0.717) is 6.61 Å². The maximum Gasteiger partial charge on any atom is 0.310 e. The molecule has 0 bridgehead atoms. The average Bonchev–Trinajstić information content (AvgIpc) is 2.03. The quantitative estimate of drug-likeness (QED) is 0.604. The van der Waals surface area contributed by atoms with Gasteiger partial charge in [0.25, 0.3) is 0 Å². The molecule has 12 heavy (non-hydrogen) atoms. The van der Waals surface area contributed by atoms with Gasteiger partial charge in [0.15, 0.2) is 0 Å². The van der Waals surface area contributed by atoms with Gasteiger partial charge in [0.1, 0.15) is 0 Å². The highest BCUT2D eigenvalue weighted by atomic mass is 16.5. The lowest BCUT2D eigenvalue weighted by Gasteiger charge is -2.21. The van der Waals surface area contributed by atoms with Crippen molar-refractivity contribution in [1.29, 1.82) is 5.26 Å². The molecule has 1 unspecified atom stereocenters. The van der Waals surface area contributed by atoms with Crippen LogP contribution in [0.25, 0.3) is 0 Å². The standard InChI is InChI=1S/C9H15NO2/c1-5-12-8(11)7(2)9(3,4)6-10/h7H,5H2,1-4H3. The molecule has 0 aliphatic heterocycles. The van der Waals surface area contributed by atoms with Crippen molar-refractivity contribution >= 4 is 5.97 Å². The smallest absolute Gasteiger partial charge is 0.310 e. The molecule has 1 atom stereocenters. The highest BCUT2D eigenvalue weighted by Gasteiger charge is 2.32. The molecule has 0 aromatic carbocycles. The van der Waals surface area contributed by atoms with Gasteiger partial charge in [-0.25, -0.2) is 0 Å². The van der Waals surface area contributed by atoms with Crippen LogP contribution in [0.5, 0.6) is 0 Å². The highest BCUT2D eigenvalue weighted by Crippen LogP contribution is 2.26. The fourth-order valence-corrected chi connectivity index (χ4v) is 0.659. The van der Waals surface area contributed by atoms with Crippen LogP contribution in [0.4, 0.5) is 0 Å². The van der Waals surface area contributed by atoms with Gasteiger partial charge in [0.05, 0.1) is 24.0 Å². The zero-order chi connectivity index (χ0) is 9.78. The Hall–Kier alpha value is -1.04. The molecule has 0 aliphatic rings. The van der Waals surface area contributed by atoms with E-state index in [1.54, 1.807) is 27.7 Å². The lowest BCUT2D eigenvalue weighted by molar-refractivity contribution is -0.150. The van der Waals surface area contributed by atoms with Crippen molar-refractivity contribution in [2.75, 3.05) is 6.61 Å². The molecule has 0 aliphatic carbocycles. The molecule has 0 radical (unpaired) electrons. The van der Waals surface area contributed by atoms with Gasteiger partial charge in [-0.15, -0.1) is 0 Å². The predicted octanol–water partition coefficient (Wildman–Crippen LogP) is 1.74. The Bertz CT molecular complexity index is 203. The molecule has 3 heteroatoms. The molecule has 0 rings (SSSR count). The van der Waals surface area contributed by atoms with Crippen molar-refractivity contribution in [1.82, 2.24) is 0 Å². The fourth-order valence-electron chi connectivity index (χ4n) is 0.659. The van der Waals surface area contributed by atoms with Crippen LogP contribution in [-0.4, -0.2) is 12.6 Å². The van der Waals surface area contributed by atoms with Gasteiger partial charge in [-0.3, -0.25) is 4.79 Å². The van der Waals surface area contributed by atoms with Crippen LogP contribution in [0.2, 0.25) is 0 Å². The predicted molar refractivity (Wildman–Crippen MR) is 45.2 cm³/mol. The lowest BCUT2D eigenvalue weighted by atomic mass is 9.81. The Kier molecular flexibility index (Phi) is 3.75. The fraction of sp³-hybridized carbons (Fsp3) is 0.778. The number of hydrogen-bond donors (Lipinski definition) is 0. The van der Waals surface area contributed by atoms with Gasteiger partial charge in [-0.2, -0.15) is 5.26 Å². The number of esters is 1. The van der Waals surface area contributed by atoms with Gasteiger partial charge in [0.2, 0.25) is 0 Å². The Balaban J connectivity index is 4.30. The summed E-state index contributed by atoms with van der Waals surface area (Å²) < 4.78 is 4.80. The summed E-state index contributed by atoms with van der Waals surface area (Å²) in [4.78, 5) is 11.2. The normalized spacial score (nSPS) is 13.2. The summed E-state index contributed by atoms with van der Waals surface area (Å²) in [5, 5.41) is 8.72. The summed E-state index contributed by atoms with van der Waals surface area (Å²) in [6.07, 6.45) is 0. The van der Waals surface area contributed by atoms with Gasteiger partial charge < -0.3 is 4.74 Å². The minimum atomic E-state index is -0.647. The summed E-state index contributed by atoms with van der Waals surface area (Å²) in [6, 6.07) is 2.08. The van der Waals surface area contributed by atoms with Crippen LogP contribution in [0.15, 0.2) is 0 Å². The summed E-state index contributed by atoms with van der Waals surface area (Å²) in [5.41, 5.74) is -0.647. The molecule has 0 aromatic heterocycles. The molecule has 0 fully saturated rings. The lowest BCUT2D eigenvalue weighted by Crippen LogP contribution is -2.28. The first-order chi connectivity index (χ1) is 5.45. The van der Waals surface area contributed by atoms with Crippen LogP contribution in [0.3, 0.4) is 0 Å². The number of carbonyl (C=O) groups excluding carboxylic acids is 1. The number of hydrogen-bond acceptors (Lipinski definition) is 3. The zero-order valence-corrected chi connectivity index (χ0v) is 8.05. The highest BCUT2D eigenvalue weighted by molar-refractivity contribution is 5.73. The second-order valence-corrected chi connectivity index (χ2v) is 3.31. The Labute approximate surface area is 73.3 Å². The van der Waals surface area contributed by atoms with Crippen molar-refractivity contribution in [2.24, 2.45) is 11.3 Å². The number of carbonyl (C=O) groups is 1. The zero-order valence-electron chi connectivity index (χ0n) is 8.05. The molecule has 0 aromatic rings.